The minimum atomic E-state index is -0.441. The zero-order chi connectivity index (χ0) is 23.8. The summed E-state index contributed by atoms with van der Waals surface area (Å²) in [4.78, 5) is 16.9. The third-order valence-electron chi connectivity index (χ3n) is 5.79. The molecule has 7 heteroatoms. The fourth-order valence-electron chi connectivity index (χ4n) is 3.79. The number of amides is 1. The monoisotopic (exact) mass is 449 g/mol. The molecule has 1 amide bonds. The zero-order valence-electron chi connectivity index (χ0n) is 20.2. The highest BCUT2D eigenvalue weighted by molar-refractivity contribution is 5.97. The topological polar surface area (TPSA) is 73.4 Å². The number of fused-ring (bicyclic) bond motifs is 1. The second-order valence-electron chi connectivity index (χ2n) is 8.53. The van der Waals surface area contributed by atoms with Crippen LogP contribution in [0, 0.1) is 0 Å². The molecule has 0 fully saturated rings. The van der Waals surface area contributed by atoms with E-state index in [-0.39, 0.29) is 5.88 Å². The average molecular weight is 450 g/mol. The van der Waals surface area contributed by atoms with E-state index in [2.05, 4.69) is 29.0 Å². The van der Waals surface area contributed by atoms with Gasteiger partial charge in [0.05, 0.1) is 12.2 Å². The number of hydrogen-bond acceptors (Lipinski definition) is 5. The molecule has 2 aromatic carbocycles. The van der Waals surface area contributed by atoms with Gasteiger partial charge in [0.15, 0.2) is 5.69 Å². The van der Waals surface area contributed by atoms with Gasteiger partial charge in [-0.2, -0.15) is 0 Å². The van der Waals surface area contributed by atoms with Crippen molar-refractivity contribution in [3.8, 4) is 5.88 Å². The van der Waals surface area contributed by atoms with Crippen LogP contribution in [0.4, 0.5) is 11.4 Å². The van der Waals surface area contributed by atoms with Gasteiger partial charge in [-0.05, 0) is 56.3 Å². The van der Waals surface area contributed by atoms with Crippen LogP contribution in [0.25, 0.3) is 10.9 Å². The van der Waals surface area contributed by atoms with E-state index >= 15 is 0 Å². The van der Waals surface area contributed by atoms with Crippen molar-refractivity contribution < 1.29 is 9.90 Å². The van der Waals surface area contributed by atoms with E-state index in [9.17, 15) is 9.90 Å². The van der Waals surface area contributed by atoms with Crippen LogP contribution < -0.4 is 4.90 Å². The molecule has 0 aliphatic heterocycles. The second-order valence-corrected chi connectivity index (χ2v) is 8.53. The van der Waals surface area contributed by atoms with Crippen LogP contribution in [-0.2, 0) is 6.67 Å². The van der Waals surface area contributed by atoms with Crippen molar-refractivity contribution in [3.63, 3.8) is 0 Å². The van der Waals surface area contributed by atoms with Gasteiger partial charge in [0.2, 0.25) is 5.88 Å². The number of aromatic hydroxyl groups is 1. The predicted octanol–water partition coefficient (Wildman–Crippen LogP) is 6.20. The normalized spacial score (nSPS) is 11.7. The molecular weight excluding hydrogens is 414 g/mol. The molecule has 3 rings (SSSR count). The molecule has 0 bridgehead atoms. The number of nitrogens with zero attached hydrogens (tertiary/aromatic N) is 5. The number of carbonyl (C=O) groups excluding carboxylic acids is 1. The van der Waals surface area contributed by atoms with Crippen molar-refractivity contribution in [2.24, 2.45) is 10.2 Å². The van der Waals surface area contributed by atoms with E-state index in [0.29, 0.717) is 17.9 Å². The first-order valence-electron chi connectivity index (χ1n) is 11.7. The molecule has 0 atom stereocenters. The van der Waals surface area contributed by atoms with Gasteiger partial charge in [0, 0.05) is 30.7 Å². The minimum absolute atomic E-state index is 0.0358. The molecule has 0 spiro atoms. The number of aromatic nitrogens is 1. The molecule has 0 radical (unpaired) electrons. The maximum atomic E-state index is 12.6. The third kappa shape index (κ3) is 5.99. The zero-order valence-corrected chi connectivity index (χ0v) is 20.2. The molecule has 7 nitrogen and oxygen atoms in total. The summed E-state index contributed by atoms with van der Waals surface area (Å²) in [5.41, 5.74) is 2.66. The van der Waals surface area contributed by atoms with Crippen LogP contribution in [-0.4, -0.2) is 47.7 Å². The average Bonchev–Trinajstić information content (AvgIpc) is 3.09. The maximum Gasteiger partial charge on any atom is 0.295 e. The van der Waals surface area contributed by atoms with Gasteiger partial charge < -0.3 is 10.0 Å². The molecule has 33 heavy (non-hydrogen) atoms. The Bertz CT molecular complexity index is 1080. The first-order chi connectivity index (χ1) is 16.0. The van der Waals surface area contributed by atoms with E-state index in [4.69, 9.17) is 0 Å². The number of azo groups is 1. The Kier molecular flexibility index (Phi) is 8.60. The summed E-state index contributed by atoms with van der Waals surface area (Å²) in [5.74, 6) is -0.405. The number of unbranched alkanes of at least 4 members (excludes halogenated alkanes) is 2. The molecule has 176 valence electrons. The molecule has 1 aromatic heterocycles. The van der Waals surface area contributed by atoms with Crippen LogP contribution in [0.1, 0.15) is 49.9 Å². The summed E-state index contributed by atoms with van der Waals surface area (Å²) in [5, 5.41) is 20.0. The maximum absolute atomic E-state index is 12.6. The Morgan fingerprint density at radius 1 is 0.970 bits per heavy atom. The number of hydrogen-bond donors (Lipinski definition) is 1. The summed E-state index contributed by atoms with van der Waals surface area (Å²) in [6.45, 7) is 6.89. The largest absolute Gasteiger partial charge is 0.493 e. The van der Waals surface area contributed by atoms with Gasteiger partial charge in [-0.25, -0.2) is 0 Å². The van der Waals surface area contributed by atoms with Crippen molar-refractivity contribution in [3.05, 3.63) is 54.1 Å². The van der Waals surface area contributed by atoms with Crippen LogP contribution >= 0.6 is 0 Å². The standard InChI is InChI=1S/C26H35N5O2/c1-5-7-17-30(18-8-6-2)19-31-23-12-10-9-11-22(23)24(26(31)33)27-28-25(32)20-13-15-21(16-14-20)29(3)4/h9-16,33H,5-8,17-19H2,1-4H3. The lowest BCUT2D eigenvalue weighted by Crippen LogP contribution is -2.28. The summed E-state index contributed by atoms with van der Waals surface area (Å²) < 4.78 is 1.87. The van der Waals surface area contributed by atoms with Gasteiger partial charge in [0.1, 0.15) is 0 Å². The number of benzene rings is 2. The molecule has 0 saturated carbocycles. The van der Waals surface area contributed by atoms with E-state index in [1.807, 2.05) is 60.0 Å². The summed E-state index contributed by atoms with van der Waals surface area (Å²) >= 11 is 0. The molecule has 0 aliphatic rings. The van der Waals surface area contributed by atoms with Gasteiger partial charge in [-0.3, -0.25) is 14.3 Å². The molecule has 1 heterocycles. The second kappa shape index (κ2) is 11.6. The first kappa shape index (κ1) is 24.5. The lowest BCUT2D eigenvalue weighted by molar-refractivity contribution is 0.0995. The fraction of sp³-hybridized carbons (Fsp3) is 0.423. The summed E-state index contributed by atoms with van der Waals surface area (Å²) in [6.07, 6.45) is 4.46. The van der Waals surface area contributed by atoms with E-state index < -0.39 is 5.91 Å². The summed E-state index contributed by atoms with van der Waals surface area (Å²) in [6, 6.07) is 14.9. The smallest absolute Gasteiger partial charge is 0.295 e. The van der Waals surface area contributed by atoms with Crippen molar-refractivity contribution in [1.29, 1.82) is 0 Å². The first-order valence-corrected chi connectivity index (χ1v) is 11.7. The number of anilines is 1. The van der Waals surface area contributed by atoms with Crippen LogP contribution in [0.5, 0.6) is 5.88 Å². The molecule has 0 aliphatic carbocycles. The van der Waals surface area contributed by atoms with Crippen molar-refractivity contribution >= 4 is 28.2 Å². The minimum Gasteiger partial charge on any atom is -0.493 e. The number of rotatable bonds is 11. The van der Waals surface area contributed by atoms with E-state index in [1.54, 1.807) is 12.1 Å². The Labute approximate surface area is 196 Å². The number of carbonyl (C=O) groups is 1. The Morgan fingerprint density at radius 2 is 1.61 bits per heavy atom. The van der Waals surface area contributed by atoms with Crippen molar-refractivity contribution in [2.75, 3.05) is 32.1 Å². The Hall–Kier alpha value is -3.19. The van der Waals surface area contributed by atoms with Crippen molar-refractivity contribution in [2.45, 2.75) is 46.2 Å². The SMILES string of the molecule is CCCCN(CCCC)Cn1c(O)c(N=NC(=O)c2ccc(N(C)C)cc2)c2ccccc21. The highest BCUT2D eigenvalue weighted by Gasteiger charge is 2.19. The van der Waals surface area contributed by atoms with E-state index in [1.165, 1.54) is 0 Å². The lowest BCUT2D eigenvalue weighted by Gasteiger charge is -2.23. The van der Waals surface area contributed by atoms with Crippen LogP contribution in [0.15, 0.2) is 58.8 Å². The van der Waals surface area contributed by atoms with Gasteiger partial charge in [0.25, 0.3) is 5.91 Å². The Balaban J connectivity index is 1.89. The highest BCUT2D eigenvalue weighted by Crippen LogP contribution is 2.39. The van der Waals surface area contributed by atoms with Gasteiger partial charge in [-0.1, -0.05) is 44.9 Å². The molecule has 0 unspecified atom stereocenters. The molecule has 0 saturated heterocycles. The fourth-order valence-corrected chi connectivity index (χ4v) is 3.79. The van der Waals surface area contributed by atoms with Gasteiger partial charge in [-0.15, -0.1) is 10.2 Å². The van der Waals surface area contributed by atoms with Crippen LogP contribution in [0.2, 0.25) is 0 Å². The van der Waals surface area contributed by atoms with Gasteiger partial charge >= 0.3 is 0 Å². The summed E-state index contributed by atoms with van der Waals surface area (Å²) in [7, 11) is 3.89. The molecule has 1 N–H and O–H groups in total. The van der Waals surface area contributed by atoms with Crippen molar-refractivity contribution in [1.82, 2.24) is 9.47 Å². The quantitative estimate of drug-likeness (QED) is 0.354. The van der Waals surface area contributed by atoms with E-state index in [0.717, 1.165) is 55.4 Å². The lowest BCUT2D eigenvalue weighted by atomic mass is 10.2. The number of para-hydroxylation sites is 1. The van der Waals surface area contributed by atoms with Crippen LogP contribution in [0.3, 0.4) is 0 Å². The Morgan fingerprint density at radius 3 is 2.21 bits per heavy atom. The third-order valence-corrected chi connectivity index (χ3v) is 5.79. The molecular formula is C26H35N5O2. The highest BCUT2D eigenvalue weighted by atomic mass is 16.3. The molecule has 3 aromatic rings. The predicted molar refractivity (Wildman–Crippen MR) is 135 cm³/mol.